The molecule has 1 saturated carbocycles. The Kier molecular flexibility index (Phi) is 2.51. The average molecular weight is 234 g/mol. The van der Waals surface area contributed by atoms with Crippen molar-refractivity contribution in [2.75, 3.05) is 13.2 Å². The van der Waals surface area contributed by atoms with E-state index < -0.39 is 5.60 Å². The highest BCUT2D eigenvalue weighted by Crippen LogP contribution is 2.58. The minimum Gasteiger partial charge on any atom is -0.486 e. The molecule has 17 heavy (non-hydrogen) atoms. The molecule has 1 aliphatic heterocycles. The van der Waals surface area contributed by atoms with Crippen LogP contribution in [0.25, 0.3) is 0 Å². The minimum atomic E-state index is -0.679. The first-order chi connectivity index (χ1) is 8.25. The summed E-state index contributed by atoms with van der Waals surface area (Å²) >= 11 is 0. The zero-order valence-corrected chi connectivity index (χ0v) is 10.1. The van der Waals surface area contributed by atoms with E-state index in [0.717, 1.165) is 36.3 Å². The average Bonchev–Trinajstić information content (AvgIpc) is 3.01. The van der Waals surface area contributed by atoms with Crippen LogP contribution in [0, 0.1) is 5.92 Å². The lowest BCUT2D eigenvalue weighted by Crippen LogP contribution is -2.19. The van der Waals surface area contributed by atoms with Crippen LogP contribution in [-0.4, -0.2) is 18.3 Å². The van der Waals surface area contributed by atoms with Crippen LogP contribution < -0.4 is 9.47 Å². The van der Waals surface area contributed by atoms with Crippen molar-refractivity contribution in [3.05, 3.63) is 23.8 Å². The van der Waals surface area contributed by atoms with Gasteiger partial charge in [0.15, 0.2) is 11.5 Å². The van der Waals surface area contributed by atoms with Gasteiger partial charge in [0.2, 0.25) is 0 Å². The third kappa shape index (κ3) is 1.69. The maximum absolute atomic E-state index is 10.6. The molecule has 2 aliphatic rings. The van der Waals surface area contributed by atoms with Crippen molar-refractivity contribution in [1.29, 1.82) is 0 Å². The largest absolute Gasteiger partial charge is 0.486 e. The summed E-state index contributed by atoms with van der Waals surface area (Å²) in [6.07, 6.45) is 3.03. The third-order valence-electron chi connectivity index (χ3n) is 3.74. The maximum Gasteiger partial charge on any atom is 0.167 e. The quantitative estimate of drug-likeness (QED) is 0.873. The van der Waals surface area contributed by atoms with Crippen LogP contribution in [0.4, 0.5) is 0 Å². The molecule has 2 atom stereocenters. The maximum atomic E-state index is 10.6. The van der Waals surface area contributed by atoms with E-state index in [0.29, 0.717) is 19.1 Å². The summed E-state index contributed by atoms with van der Waals surface area (Å²) in [6.45, 7) is 3.31. The smallest absolute Gasteiger partial charge is 0.167 e. The first kappa shape index (κ1) is 10.9. The molecule has 1 aromatic rings. The van der Waals surface area contributed by atoms with Gasteiger partial charge in [-0.3, -0.25) is 0 Å². The number of ether oxygens (including phenoxy) is 2. The van der Waals surface area contributed by atoms with Crippen molar-refractivity contribution in [3.63, 3.8) is 0 Å². The normalized spacial score (nSPS) is 30.1. The predicted molar refractivity (Wildman–Crippen MR) is 64.3 cm³/mol. The Morgan fingerprint density at radius 3 is 3.00 bits per heavy atom. The van der Waals surface area contributed by atoms with Gasteiger partial charge in [0.1, 0.15) is 13.2 Å². The van der Waals surface area contributed by atoms with Crippen molar-refractivity contribution >= 4 is 0 Å². The van der Waals surface area contributed by atoms with Gasteiger partial charge in [-0.15, -0.1) is 0 Å². The highest BCUT2D eigenvalue weighted by molar-refractivity contribution is 5.52. The number of hydrogen-bond donors (Lipinski definition) is 1. The van der Waals surface area contributed by atoms with Gasteiger partial charge in [-0.05, 0) is 24.8 Å². The molecule has 1 aliphatic carbocycles. The fraction of sp³-hybridized carbons (Fsp3) is 0.571. The van der Waals surface area contributed by atoms with Gasteiger partial charge in [-0.2, -0.15) is 0 Å². The number of rotatable bonds is 3. The van der Waals surface area contributed by atoms with Crippen LogP contribution in [0.5, 0.6) is 11.5 Å². The topological polar surface area (TPSA) is 38.7 Å². The molecular weight excluding hydrogens is 216 g/mol. The summed E-state index contributed by atoms with van der Waals surface area (Å²) in [5.74, 6) is 1.90. The molecule has 3 nitrogen and oxygen atoms in total. The Labute approximate surface area is 101 Å². The SMILES string of the molecule is CCCC1CC1(O)c1cccc2c1OCCO2. The summed E-state index contributed by atoms with van der Waals surface area (Å²) in [6, 6.07) is 5.80. The Morgan fingerprint density at radius 2 is 2.18 bits per heavy atom. The van der Waals surface area contributed by atoms with E-state index in [2.05, 4.69) is 6.92 Å². The lowest BCUT2D eigenvalue weighted by atomic mass is 10.0. The second kappa shape index (κ2) is 3.91. The molecule has 0 radical (unpaired) electrons. The van der Waals surface area contributed by atoms with Gasteiger partial charge in [0, 0.05) is 5.56 Å². The van der Waals surface area contributed by atoms with E-state index in [4.69, 9.17) is 9.47 Å². The van der Waals surface area contributed by atoms with Crippen molar-refractivity contribution in [2.45, 2.75) is 31.8 Å². The molecule has 0 aromatic heterocycles. The fourth-order valence-electron chi connectivity index (χ4n) is 2.75. The van der Waals surface area contributed by atoms with E-state index in [1.807, 2.05) is 18.2 Å². The van der Waals surface area contributed by atoms with Crippen LogP contribution in [0.1, 0.15) is 31.7 Å². The van der Waals surface area contributed by atoms with Crippen molar-refractivity contribution in [2.24, 2.45) is 5.92 Å². The molecule has 0 bridgehead atoms. The van der Waals surface area contributed by atoms with E-state index in [1.165, 1.54) is 0 Å². The van der Waals surface area contributed by atoms with Crippen LogP contribution in [0.3, 0.4) is 0 Å². The summed E-state index contributed by atoms with van der Waals surface area (Å²) in [7, 11) is 0. The molecule has 1 heterocycles. The number of benzene rings is 1. The Hall–Kier alpha value is -1.22. The summed E-state index contributed by atoms with van der Waals surface area (Å²) in [5, 5.41) is 10.6. The molecule has 3 rings (SSSR count). The second-order valence-corrected chi connectivity index (χ2v) is 4.94. The molecule has 0 spiro atoms. The van der Waals surface area contributed by atoms with Gasteiger partial charge in [-0.1, -0.05) is 25.5 Å². The predicted octanol–water partition coefficient (Wildman–Crippen LogP) is 2.47. The zero-order valence-electron chi connectivity index (χ0n) is 10.1. The van der Waals surface area contributed by atoms with Crippen LogP contribution in [-0.2, 0) is 5.60 Å². The van der Waals surface area contributed by atoms with Gasteiger partial charge < -0.3 is 14.6 Å². The van der Waals surface area contributed by atoms with Gasteiger partial charge in [-0.25, -0.2) is 0 Å². The Balaban J connectivity index is 1.94. The highest BCUT2D eigenvalue weighted by Gasteiger charge is 2.55. The Bertz CT molecular complexity index is 429. The molecule has 3 heteroatoms. The Morgan fingerprint density at radius 1 is 1.35 bits per heavy atom. The van der Waals surface area contributed by atoms with Crippen LogP contribution >= 0.6 is 0 Å². The minimum absolute atomic E-state index is 0.379. The van der Waals surface area contributed by atoms with Crippen molar-refractivity contribution in [3.8, 4) is 11.5 Å². The van der Waals surface area contributed by atoms with E-state index >= 15 is 0 Å². The highest BCUT2D eigenvalue weighted by atomic mass is 16.6. The van der Waals surface area contributed by atoms with E-state index in [-0.39, 0.29) is 0 Å². The molecule has 0 saturated heterocycles. The fourth-order valence-corrected chi connectivity index (χ4v) is 2.75. The van der Waals surface area contributed by atoms with E-state index in [1.54, 1.807) is 0 Å². The van der Waals surface area contributed by atoms with Gasteiger partial charge in [0.25, 0.3) is 0 Å². The van der Waals surface area contributed by atoms with Gasteiger partial charge >= 0.3 is 0 Å². The first-order valence-electron chi connectivity index (χ1n) is 6.37. The lowest BCUT2D eigenvalue weighted by Gasteiger charge is -2.23. The number of aliphatic hydroxyl groups is 1. The zero-order chi connectivity index (χ0) is 11.9. The van der Waals surface area contributed by atoms with Crippen molar-refractivity contribution < 1.29 is 14.6 Å². The van der Waals surface area contributed by atoms with Gasteiger partial charge in [0.05, 0.1) is 5.60 Å². The summed E-state index contributed by atoms with van der Waals surface area (Å²) in [4.78, 5) is 0. The lowest BCUT2D eigenvalue weighted by molar-refractivity contribution is 0.114. The molecule has 1 N–H and O–H groups in total. The number of para-hydroxylation sites is 1. The first-order valence-corrected chi connectivity index (χ1v) is 6.37. The van der Waals surface area contributed by atoms with Crippen LogP contribution in [0.2, 0.25) is 0 Å². The summed E-state index contributed by atoms with van der Waals surface area (Å²) in [5.41, 5.74) is 0.232. The van der Waals surface area contributed by atoms with Crippen molar-refractivity contribution in [1.82, 2.24) is 0 Å². The standard InChI is InChI=1S/C14H18O3/c1-2-4-10-9-14(10,15)11-5-3-6-12-13(11)17-8-7-16-12/h3,5-6,10,15H,2,4,7-9H2,1H3. The molecule has 2 unspecified atom stereocenters. The molecular formula is C14H18O3. The second-order valence-electron chi connectivity index (χ2n) is 4.94. The van der Waals surface area contributed by atoms with E-state index in [9.17, 15) is 5.11 Å². The summed E-state index contributed by atoms with van der Waals surface area (Å²) < 4.78 is 11.2. The number of hydrogen-bond acceptors (Lipinski definition) is 3. The monoisotopic (exact) mass is 234 g/mol. The third-order valence-corrected chi connectivity index (χ3v) is 3.74. The number of fused-ring (bicyclic) bond motifs is 1. The molecule has 0 amide bonds. The molecule has 1 fully saturated rings. The van der Waals surface area contributed by atoms with Crippen LogP contribution in [0.15, 0.2) is 18.2 Å². The molecule has 92 valence electrons. The molecule has 1 aromatic carbocycles.